The number of rotatable bonds is 5. The van der Waals surface area contributed by atoms with E-state index in [0.29, 0.717) is 29.4 Å². The highest BCUT2D eigenvalue weighted by Gasteiger charge is 2.10. The molecule has 0 aliphatic heterocycles. The van der Waals surface area contributed by atoms with E-state index in [0.717, 1.165) is 9.13 Å². The lowest BCUT2D eigenvalue weighted by atomic mass is 10.1. The summed E-state index contributed by atoms with van der Waals surface area (Å²) in [4.78, 5) is 24.2. The van der Waals surface area contributed by atoms with Gasteiger partial charge in [0, 0.05) is 14.7 Å². The molecule has 0 spiro atoms. The van der Waals surface area contributed by atoms with Gasteiger partial charge in [0.15, 0.2) is 0 Å². The van der Waals surface area contributed by atoms with Crippen LogP contribution >= 0.6 is 22.6 Å². The molecule has 2 rings (SSSR count). The number of aryl methyl sites for hydroxylation is 1. The van der Waals surface area contributed by atoms with E-state index in [1.807, 2.05) is 13.0 Å². The van der Waals surface area contributed by atoms with Gasteiger partial charge in [-0.25, -0.2) is 0 Å². The van der Waals surface area contributed by atoms with Gasteiger partial charge < -0.3 is 4.74 Å². The first-order chi connectivity index (χ1) is 11.9. The third-order valence-corrected chi connectivity index (χ3v) is 4.59. The molecule has 2 amide bonds. The number of hydrazine groups is 1. The Balaban J connectivity index is 1.91. The zero-order valence-electron chi connectivity index (χ0n) is 14.4. The van der Waals surface area contributed by atoms with E-state index in [1.54, 1.807) is 36.4 Å². The van der Waals surface area contributed by atoms with Crippen LogP contribution < -0.4 is 15.6 Å². The molecule has 0 heterocycles. The first-order valence-corrected chi connectivity index (χ1v) is 9.04. The van der Waals surface area contributed by atoms with E-state index in [4.69, 9.17) is 4.74 Å². The highest BCUT2D eigenvalue weighted by molar-refractivity contribution is 14.1. The summed E-state index contributed by atoms with van der Waals surface area (Å²) in [7, 11) is 0. The molecule has 2 aromatic carbocycles. The van der Waals surface area contributed by atoms with Gasteiger partial charge in [-0.3, -0.25) is 20.4 Å². The van der Waals surface area contributed by atoms with E-state index in [-0.39, 0.29) is 11.8 Å². The van der Waals surface area contributed by atoms with Crippen molar-refractivity contribution in [3.63, 3.8) is 0 Å². The van der Waals surface area contributed by atoms with Crippen molar-refractivity contribution >= 4 is 34.4 Å². The Labute approximate surface area is 161 Å². The van der Waals surface area contributed by atoms with Crippen molar-refractivity contribution in [3.05, 3.63) is 62.7 Å². The number of carbonyl (C=O) groups excluding carboxylic acids is 2. The molecule has 0 aromatic heterocycles. The molecule has 0 bridgehead atoms. The first kappa shape index (κ1) is 19.2. The van der Waals surface area contributed by atoms with E-state index in [1.165, 1.54) is 0 Å². The lowest BCUT2D eigenvalue weighted by Crippen LogP contribution is -2.41. The summed E-state index contributed by atoms with van der Waals surface area (Å²) in [5.41, 5.74) is 6.88. The number of halogens is 1. The standard InChI is InChI=1S/C19H21IN2O3/c1-12(2)11-25-16-8-6-14(7-9-16)18(23)21-22-19(24)15-5-4-13(3)17(20)10-15/h4-10,12H,11H2,1-3H3,(H,21,23)(H,22,24). The van der Waals surface area contributed by atoms with Crippen LogP contribution in [-0.4, -0.2) is 18.4 Å². The van der Waals surface area contributed by atoms with Crippen molar-refractivity contribution in [2.24, 2.45) is 5.92 Å². The molecule has 0 aliphatic rings. The van der Waals surface area contributed by atoms with Gasteiger partial charge in [-0.05, 0) is 77.4 Å². The van der Waals surface area contributed by atoms with Crippen molar-refractivity contribution in [2.75, 3.05) is 6.61 Å². The van der Waals surface area contributed by atoms with Crippen LogP contribution in [0.5, 0.6) is 5.75 Å². The molecule has 0 aliphatic carbocycles. The van der Waals surface area contributed by atoms with Gasteiger partial charge in [0.1, 0.15) is 5.75 Å². The zero-order valence-corrected chi connectivity index (χ0v) is 16.6. The van der Waals surface area contributed by atoms with Crippen LogP contribution in [0.1, 0.15) is 40.1 Å². The van der Waals surface area contributed by atoms with Gasteiger partial charge in [-0.15, -0.1) is 0 Å². The fourth-order valence-electron chi connectivity index (χ4n) is 1.96. The molecule has 0 atom stereocenters. The number of benzene rings is 2. The lowest BCUT2D eigenvalue weighted by molar-refractivity contribution is 0.0846. The fourth-order valence-corrected chi connectivity index (χ4v) is 2.47. The molecule has 2 N–H and O–H groups in total. The SMILES string of the molecule is Cc1ccc(C(=O)NNC(=O)c2ccc(OCC(C)C)cc2)cc1I. The summed E-state index contributed by atoms with van der Waals surface area (Å²) in [6.07, 6.45) is 0. The molecule has 0 fully saturated rings. The van der Waals surface area contributed by atoms with Crippen LogP contribution in [0.4, 0.5) is 0 Å². The Morgan fingerprint density at radius 3 is 2.12 bits per heavy atom. The van der Waals surface area contributed by atoms with Crippen molar-refractivity contribution in [3.8, 4) is 5.75 Å². The molecular weight excluding hydrogens is 431 g/mol. The van der Waals surface area contributed by atoms with Crippen LogP contribution in [0.3, 0.4) is 0 Å². The number of hydrogen-bond donors (Lipinski definition) is 2. The zero-order chi connectivity index (χ0) is 18.4. The van der Waals surface area contributed by atoms with Crippen LogP contribution in [0.25, 0.3) is 0 Å². The van der Waals surface area contributed by atoms with Crippen LogP contribution in [0.15, 0.2) is 42.5 Å². The Hall–Kier alpha value is -2.09. The molecule has 0 radical (unpaired) electrons. The van der Waals surface area contributed by atoms with Crippen LogP contribution in [0.2, 0.25) is 0 Å². The van der Waals surface area contributed by atoms with Crippen molar-refractivity contribution < 1.29 is 14.3 Å². The average molecular weight is 452 g/mol. The average Bonchev–Trinajstić information content (AvgIpc) is 2.60. The largest absolute Gasteiger partial charge is 0.493 e. The molecule has 2 aromatic rings. The predicted octanol–water partition coefficient (Wildman–Crippen LogP) is 3.71. The third kappa shape index (κ3) is 5.74. The van der Waals surface area contributed by atoms with E-state index in [2.05, 4.69) is 47.3 Å². The monoisotopic (exact) mass is 452 g/mol. The van der Waals surface area contributed by atoms with Gasteiger partial charge in [-0.1, -0.05) is 19.9 Å². The van der Waals surface area contributed by atoms with Crippen molar-refractivity contribution in [1.29, 1.82) is 0 Å². The molecule has 5 nitrogen and oxygen atoms in total. The minimum absolute atomic E-state index is 0.358. The summed E-state index contributed by atoms with van der Waals surface area (Å²) < 4.78 is 6.57. The van der Waals surface area contributed by atoms with Gasteiger partial charge in [0.05, 0.1) is 6.61 Å². The van der Waals surface area contributed by atoms with Gasteiger partial charge >= 0.3 is 0 Å². The Morgan fingerprint density at radius 2 is 1.56 bits per heavy atom. The van der Waals surface area contributed by atoms with Gasteiger partial charge in [0.2, 0.25) is 0 Å². The maximum atomic E-state index is 12.1. The second kappa shape index (κ2) is 8.84. The van der Waals surface area contributed by atoms with Gasteiger partial charge in [0.25, 0.3) is 11.8 Å². The highest BCUT2D eigenvalue weighted by Crippen LogP contribution is 2.14. The Morgan fingerprint density at radius 1 is 1.00 bits per heavy atom. The maximum absolute atomic E-state index is 12.1. The summed E-state index contributed by atoms with van der Waals surface area (Å²) in [6, 6.07) is 12.2. The third-order valence-electron chi connectivity index (χ3n) is 3.42. The number of carbonyl (C=O) groups is 2. The molecular formula is C19H21IN2O3. The smallest absolute Gasteiger partial charge is 0.269 e. The number of amides is 2. The summed E-state index contributed by atoms with van der Waals surface area (Å²) in [5.74, 6) is 0.403. The summed E-state index contributed by atoms with van der Waals surface area (Å²) in [5, 5.41) is 0. The quantitative estimate of drug-likeness (QED) is 0.537. The second-order valence-electron chi connectivity index (χ2n) is 6.10. The van der Waals surface area contributed by atoms with Crippen LogP contribution in [0, 0.1) is 16.4 Å². The Kier molecular flexibility index (Phi) is 6.81. The van der Waals surface area contributed by atoms with E-state index in [9.17, 15) is 9.59 Å². The molecule has 132 valence electrons. The topological polar surface area (TPSA) is 67.4 Å². The van der Waals surface area contributed by atoms with E-state index >= 15 is 0 Å². The predicted molar refractivity (Wildman–Crippen MR) is 106 cm³/mol. The second-order valence-corrected chi connectivity index (χ2v) is 7.26. The van der Waals surface area contributed by atoms with Gasteiger partial charge in [-0.2, -0.15) is 0 Å². The van der Waals surface area contributed by atoms with E-state index < -0.39 is 0 Å². The molecule has 25 heavy (non-hydrogen) atoms. The molecule has 0 unspecified atom stereocenters. The maximum Gasteiger partial charge on any atom is 0.269 e. The first-order valence-electron chi connectivity index (χ1n) is 7.96. The number of ether oxygens (including phenoxy) is 1. The molecule has 6 heteroatoms. The Bertz CT molecular complexity index is 758. The lowest BCUT2D eigenvalue weighted by Gasteiger charge is -2.10. The van der Waals surface area contributed by atoms with Crippen molar-refractivity contribution in [1.82, 2.24) is 10.9 Å². The normalized spacial score (nSPS) is 10.4. The summed E-state index contributed by atoms with van der Waals surface area (Å²) in [6.45, 7) is 6.73. The molecule has 0 saturated heterocycles. The summed E-state index contributed by atoms with van der Waals surface area (Å²) >= 11 is 2.17. The highest BCUT2D eigenvalue weighted by atomic mass is 127. The number of hydrogen-bond acceptors (Lipinski definition) is 3. The van der Waals surface area contributed by atoms with Crippen LogP contribution in [-0.2, 0) is 0 Å². The minimum atomic E-state index is -0.384. The molecule has 0 saturated carbocycles. The minimum Gasteiger partial charge on any atom is -0.493 e. The van der Waals surface area contributed by atoms with Crippen molar-refractivity contribution in [2.45, 2.75) is 20.8 Å². The fraction of sp³-hybridized carbons (Fsp3) is 0.263. The number of nitrogens with one attached hydrogen (secondary N) is 2.